The molecule has 32 heavy (non-hydrogen) atoms. The van der Waals surface area contributed by atoms with Crippen molar-refractivity contribution in [1.29, 1.82) is 0 Å². The normalized spacial score (nSPS) is 13.1. The molecule has 0 aliphatic rings. The van der Waals surface area contributed by atoms with Gasteiger partial charge in [0.15, 0.2) is 5.69 Å². The molecular weight excluding hydrogens is 423 g/mol. The SMILES string of the molecule is [2H]C([2H])([2H])n1c(C(C)(C)NC(=O)c2nnc(C)o2)nc(C(=O)NCc2ccc(F)cc2)c(O)c1=O. The quantitative estimate of drug-likeness (QED) is 0.504. The van der Waals surface area contributed by atoms with Gasteiger partial charge in [0.2, 0.25) is 11.6 Å². The maximum Gasteiger partial charge on any atom is 0.309 e. The predicted octanol–water partition coefficient (Wildman–Crippen LogP) is 0.912. The van der Waals surface area contributed by atoms with Gasteiger partial charge in [0.1, 0.15) is 11.6 Å². The zero-order chi connectivity index (χ0) is 26.1. The van der Waals surface area contributed by atoms with Gasteiger partial charge in [-0.15, -0.1) is 10.2 Å². The van der Waals surface area contributed by atoms with Gasteiger partial charge in [-0.2, -0.15) is 0 Å². The number of carbonyl (C=O) groups is 2. The Labute approximate surface area is 185 Å². The number of nitrogens with one attached hydrogen (secondary N) is 2. The first kappa shape index (κ1) is 18.7. The lowest BCUT2D eigenvalue weighted by Gasteiger charge is -2.27. The van der Waals surface area contributed by atoms with Crippen molar-refractivity contribution in [3.8, 4) is 5.75 Å². The summed E-state index contributed by atoms with van der Waals surface area (Å²) in [5.74, 6) is -4.43. The van der Waals surface area contributed by atoms with Crippen LogP contribution in [0.1, 0.15) is 56.4 Å². The summed E-state index contributed by atoms with van der Waals surface area (Å²) in [4.78, 5) is 42.0. The van der Waals surface area contributed by atoms with Crippen molar-refractivity contribution in [1.82, 2.24) is 30.4 Å². The van der Waals surface area contributed by atoms with Crippen molar-refractivity contribution in [2.24, 2.45) is 6.98 Å². The molecule has 3 N–H and O–H groups in total. The van der Waals surface area contributed by atoms with E-state index in [1.165, 1.54) is 45.0 Å². The standard InChI is InChI=1S/C20H21FN6O5/c1-10-25-26-17(32-10)16(30)24-20(2,3)19-23-13(14(28)18(31)27(19)4)15(29)22-9-11-5-7-12(21)8-6-11/h5-8,28H,9H2,1-4H3,(H,22,29)(H,24,30)/i4D3. The number of hydrogen-bond donors (Lipinski definition) is 3. The summed E-state index contributed by atoms with van der Waals surface area (Å²) < 4.78 is 41.5. The highest BCUT2D eigenvalue weighted by Crippen LogP contribution is 2.20. The van der Waals surface area contributed by atoms with Gasteiger partial charge in [-0.05, 0) is 31.5 Å². The molecule has 0 aliphatic carbocycles. The molecule has 2 amide bonds. The van der Waals surface area contributed by atoms with Crippen molar-refractivity contribution in [3.63, 3.8) is 0 Å². The van der Waals surface area contributed by atoms with Crippen molar-refractivity contribution in [3.05, 3.63) is 69.3 Å². The summed E-state index contributed by atoms with van der Waals surface area (Å²) in [6.07, 6.45) is 0. The molecule has 0 saturated heterocycles. The number of hydrogen-bond acceptors (Lipinski definition) is 8. The van der Waals surface area contributed by atoms with Gasteiger partial charge in [0.25, 0.3) is 11.5 Å². The van der Waals surface area contributed by atoms with Crippen molar-refractivity contribution >= 4 is 11.8 Å². The summed E-state index contributed by atoms with van der Waals surface area (Å²) in [6, 6.07) is 5.20. The number of halogens is 1. The molecule has 168 valence electrons. The number of rotatable bonds is 6. The van der Waals surface area contributed by atoms with Gasteiger partial charge in [-0.3, -0.25) is 19.0 Å². The molecule has 3 aromatic rings. The first-order chi connectivity index (χ1) is 16.2. The molecule has 3 rings (SSSR count). The van der Waals surface area contributed by atoms with Crippen LogP contribution in [0.5, 0.6) is 5.75 Å². The monoisotopic (exact) mass is 447 g/mol. The molecule has 2 aromatic heterocycles. The van der Waals surface area contributed by atoms with E-state index in [1.54, 1.807) is 0 Å². The predicted molar refractivity (Wildman–Crippen MR) is 108 cm³/mol. The molecule has 12 heteroatoms. The van der Waals surface area contributed by atoms with Crippen LogP contribution in [0.2, 0.25) is 0 Å². The Kier molecular flexibility index (Phi) is 5.00. The molecule has 11 nitrogen and oxygen atoms in total. The molecule has 0 saturated carbocycles. The second-order valence-electron chi connectivity index (χ2n) is 7.29. The largest absolute Gasteiger partial charge is 0.501 e. The van der Waals surface area contributed by atoms with Gasteiger partial charge in [-0.25, -0.2) is 9.37 Å². The Bertz CT molecular complexity index is 1330. The molecular formula is C20H21FN6O5. The van der Waals surface area contributed by atoms with E-state index in [2.05, 4.69) is 25.8 Å². The highest BCUT2D eigenvalue weighted by molar-refractivity contribution is 5.94. The first-order valence-corrected chi connectivity index (χ1v) is 9.23. The van der Waals surface area contributed by atoms with Gasteiger partial charge in [-0.1, -0.05) is 12.1 Å². The highest BCUT2D eigenvalue weighted by Gasteiger charge is 2.32. The number of aromatic hydroxyl groups is 1. The van der Waals surface area contributed by atoms with Gasteiger partial charge in [0, 0.05) is 24.6 Å². The molecule has 0 aliphatic heterocycles. The minimum Gasteiger partial charge on any atom is -0.501 e. The fourth-order valence-electron chi connectivity index (χ4n) is 2.74. The maximum atomic E-state index is 13.1. The van der Waals surface area contributed by atoms with E-state index in [0.717, 1.165) is 0 Å². The van der Waals surface area contributed by atoms with Gasteiger partial charge >= 0.3 is 11.8 Å². The zero-order valence-electron chi connectivity index (χ0n) is 20.3. The third-order valence-electron chi connectivity index (χ3n) is 4.35. The number of carbonyl (C=O) groups excluding carboxylic acids is 2. The highest BCUT2D eigenvalue weighted by atomic mass is 19.1. The molecule has 0 atom stereocenters. The Morgan fingerprint density at radius 2 is 1.94 bits per heavy atom. The van der Waals surface area contributed by atoms with Crippen LogP contribution in [-0.2, 0) is 19.1 Å². The molecule has 2 heterocycles. The van der Waals surface area contributed by atoms with Crippen molar-refractivity contribution in [2.75, 3.05) is 0 Å². The Balaban J connectivity index is 2.01. The van der Waals surface area contributed by atoms with Crippen LogP contribution in [0.15, 0.2) is 33.5 Å². The van der Waals surface area contributed by atoms with E-state index in [-0.39, 0.29) is 17.0 Å². The van der Waals surface area contributed by atoms with Crippen LogP contribution in [0.25, 0.3) is 0 Å². The lowest BCUT2D eigenvalue weighted by Crippen LogP contribution is -2.46. The third-order valence-corrected chi connectivity index (χ3v) is 4.35. The summed E-state index contributed by atoms with van der Waals surface area (Å²) in [7, 11) is 0. The second-order valence-corrected chi connectivity index (χ2v) is 7.29. The van der Waals surface area contributed by atoms with Crippen molar-refractivity contribution < 1.29 is 27.6 Å². The minimum atomic E-state index is -3.12. The minimum absolute atomic E-state index is 0.103. The number of nitrogens with zero attached hydrogens (tertiary/aromatic N) is 4. The van der Waals surface area contributed by atoms with E-state index >= 15 is 0 Å². The van der Waals surface area contributed by atoms with Crippen LogP contribution in [0.4, 0.5) is 4.39 Å². The first-order valence-electron chi connectivity index (χ1n) is 10.7. The second kappa shape index (κ2) is 8.57. The van der Waals surface area contributed by atoms with E-state index in [1.807, 2.05) is 0 Å². The molecule has 0 bridgehead atoms. The topological polar surface area (TPSA) is 152 Å². The Hall–Kier alpha value is -4.09. The average molecular weight is 447 g/mol. The number of amides is 2. The van der Waals surface area contributed by atoms with E-state index in [0.29, 0.717) is 5.56 Å². The summed E-state index contributed by atoms with van der Waals surface area (Å²) >= 11 is 0. The molecule has 0 fully saturated rings. The molecule has 0 unspecified atom stereocenters. The smallest absolute Gasteiger partial charge is 0.309 e. The Morgan fingerprint density at radius 3 is 2.53 bits per heavy atom. The van der Waals surface area contributed by atoms with E-state index in [9.17, 15) is 23.9 Å². The Morgan fingerprint density at radius 1 is 1.25 bits per heavy atom. The lowest BCUT2D eigenvalue weighted by molar-refractivity contribution is 0.0869. The fourth-order valence-corrected chi connectivity index (χ4v) is 2.74. The summed E-state index contributed by atoms with van der Waals surface area (Å²) in [5, 5.41) is 22.3. The van der Waals surface area contributed by atoms with Crippen molar-refractivity contribution in [2.45, 2.75) is 32.9 Å². The van der Waals surface area contributed by atoms with Crippen LogP contribution >= 0.6 is 0 Å². The number of aromatic nitrogens is 4. The summed E-state index contributed by atoms with van der Waals surface area (Å²) in [6.45, 7) is 0.891. The van der Waals surface area contributed by atoms with Crippen LogP contribution in [0, 0.1) is 12.7 Å². The summed E-state index contributed by atoms with van der Waals surface area (Å²) in [5.41, 5.74) is -3.34. The van der Waals surface area contributed by atoms with Crippen LogP contribution in [0.3, 0.4) is 0 Å². The maximum absolute atomic E-state index is 13.1. The molecule has 1 aromatic carbocycles. The average Bonchev–Trinajstić information content (AvgIpc) is 3.20. The molecule has 0 spiro atoms. The fraction of sp³-hybridized carbons (Fsp3) is 0.300. The van der Waals surface area contributed by atoms with E-state index < -0.39 is 58.9 Å². The molecule has 0 radical (unpaired) electrons. The van der Waals surface area contributed by atoms with Gasteiger partial charge < -0.3 is 20.2 Å². The number of benzene rings is 1. The van der Waals surface area contributed by atoms with Gasteiger partial charge in [0.05, 0.1) is 5.54 Å². The van der Waals surface area contributed by atoms with Crippen LogP contribution in [-0.4, -0.2) is 36.7 Å². The lowest BCUT2D eigenvalue weighted by atomic mass is 10.0. The van der Waals surface area contributed by atoms with E-state index in [4.69, 9.17) is 8.53 Å². The third kappa shape index (κ3) is 4.63. The number of aryl methyl sites for hydroxylation is 1. The zero-order valence-corrected chi connectivity index (χ0v) is 17.3. The van der Waals surface area contributed by atoms with Crippen LogP contribution < -0.4 is 16.2 Å².